The van der Waals surface area contributed by atoms with Gasteiger partial charge in [0, 0.05) is 45.7 Å². The quantitative estimate of drug-likeness (QED) is 0.125. The van der Waals surface area contributed by atoms with E-state index >= 15 is 0 Å². The highest BCUT2D eigenvalue weighted by molar-refractivity contribution is 6.31. The molecule has 2 aromatic carbocycles. The van der Waals surface area contributed by atoms with E-state index in [9.17, 15) is 19.2 Å². The van der Waals surface area contributed by atoms with E-state index in [4.69, 9.17) is 47.6 Å². The second-order valence-electron chi connectivity index (χ2n) is 14.6. The van der Waals surface area contributed by atoms with E-state index < -0.39 is 29.2 Å². The summed E-state index contributed by atoms with van der Waals surface area (Å²) in [6, 6.07) is 14.3. The zero-order valence-corrected chi connectivity index (χ0v) is 33.7. The van der Waals surface area contributed by atoms with Gasteiger partial charge in [0.1, 0.15) is 30.0 Å². The predicted molar refractivity (Wildman–Crippen MR) is 211 cm³/mol. The Morgan fingerprint density at radius 3 is 1.56 bits per heavy atom. The van der Waals surface area contributed by atoms with Crippen LogP contribution in [0.25, 0.3) is 35.2 Å². The highest BCUT2D eigenvalue weighted by atomic mass is 35.5. The summed E-state index contributed by atoms with van der Waals surface area (Å²) in [5.74, 6) is -0.575. The number of amides is 2. The van der Waals surface area contributed by atoms with Crippen LogP contribution in [-0.4, -0.2) is 123 Å². The molecule has 17 nitrogen and oxygen atoms in total. The second kappa shape index (κ2) is 19.4. The molecular formula is C38H44Cl2N8O9. The van der Waals surface area contributed by atoms with Crippen molar-refractivity contribution in [3.63, 3.8) is 0 Å². The van der Waals surface area contributed by atoms with Crippen LogP contribution in [0.4, 0.5) is 9.59 Å². The van der Waals surface area contributed by atoms with E-state index in [0.29, 0.717) is 47.9 Å². The summed E-state index contributed by atoms with van der Waals surface area (Å²) < 4.78 is 18.3. The Kier molecular flexibility index (Phi) is 14.9. The first-order valence-electron chi connectivity index (χ1n) is 17.5. The van der Waals surface area contributed by atoms with Crippen molar-refractivity contribution >= 4 is 59.7 Å². The van der Waals surface area contributed by atoms with Gasteiger partial charge >= 0.3 is 24.1 Å². The third-order valence-corrected chi connectivity index (χ3v) is 7.68. The van der Waals surface area contributed by atoms with Gasteiger partial charge in [0.2, 0.25) is 0 Å². The molecule has 2 aliphatic rings. The average molecular weight is 828 g/mol. The number of carbonyl (C=O) groups excluding carboxylic acids is 3. The molecular weight excluding hydrogens is 783 g/mol. The summed E-state index contributed by atoms with van der Waals surface area (Å²) >= 11 is 11.8. The molecule has 0 saturated carbocycles. The Morgan fingerprint density at radius 1 is 0.719 bits per heavy atom. The van der Waals surface area contributed by atoms with Crippen molar-refractivity contribution < 1.29 is 43.6 Å². The lowest BCUT2D eigenvalue weighted by atomic mass is 10.2. The average Bonchev–Trinajstić information content (AvgIpc) is 3.76. The Morgan fingerprint density at radius 2 is 1.16 bits per heavy atom. The number of aliphatic hydroxyl groups excluding tert-OH is 1. The maximum Gasteiger partial charge on any atom is 0.410 e. The van der Waals surface area contributed by atoms with Crippen LogP contribution < -0.4 is 0 Å². The number of carboxylic acid groups (broad SMARTS) is 1. The number of aromatic nitrogens is 6. The van der Waals surface area contributed by atoms with Gasteiger partial charge in [-0.05, 0) is 65.8 Å². The number of nitrogens with zero attached hydrogens (tertiary/aromatic N) is 8. The van der Waals surface area contributed by atoms with Crippen LogP contribution >= 0.6 is 23.2 Å². The molecule has 2 aromatic heterocycles. The molecule has 4 aromatic rings. The summed E-state index contributed by atoms with van der Waals surface area (Å²) in [7, 11) is 0. The van der Waals surface area contributed by atoms with Gasteiger partial charge in [-0.15, -0.1) is 10.2 Å². The molecule has 4 heterocycles. The third kappa shape index (κ3) is 15.0. The van der Waals surface area contributed by atoms with Crippen LogP contribution in [0.1, 0.15) is 41.5 Å². The van der Waals surface area contributed by atoms with Gasteiger partial charge in [0.25, 0.3) is 0 Å². The van der Waals surface area contributed by atoms with Gasteiger partial charge in [-0.25, -0.2) is 38.5 Å². The monoisotopic (exact) mass is 826 g/mol. The molecule has 2 amide bonds. The molecule has 0 unspecified atom stereocenters. The summed E-state index contributed by atoms with van der Waals surface area (Å²) in [5, 5.41) is 26.9. The fourth-order valence-corrected chi connectivity index (χ4v) is 4.99. The molecule has 2 saturated heterocycles. The van der Waals surface area contributed by atoms with Crippen LogP contribution in [0.5, 0.6) is 0 Å². The maximum atomic E-state index is 11.9. The minimum atomic E-state index is -1.04. The largest absolute Gasteiger partial charge is 0.478 e. The lowest BCUT2D eigenvalue weighted by Gasteiger charge is -2.38. The van der Waals surface area contributed by atoms with Crippen molar-refractivity contribution in [1.29, 1.82) is 0 Å². The number of carbonyl (C=O) groups is 4. The molecule has 0 spiro atoms. The number of aliphatic hydroxyl groups is 1. The van der Waals surface area contributed by atoms with E-state index in [1.54, 1.807) is 51.1 Å². The number of likely N-dealkylation sites (tertiary alicyclic amines) is 2. The number of ether oxygens (including phenoxy) is 3. The minimum Gasteiger partial charge on any atom is -0.478 e. The van der Waals surface area contributed by atoms with Crippen LogP contribution in [0.3, 0.4) is 0 Å². The second-order valence-corrected chi connectivity index (χ2v) is 15.4. The van der Waals surface area contributed by atoms with E-state index in [-0.39, 0.29) is 18.3 Å². The number of carboxylic acids is 1. The molecule has 0 atom stereocenters. The minimum absolute atomic E-state index is 0.316. The fraction of sp³-hybridized carbons (Fsp3) is 0.368. The molecule has 2 aliphatic heterocycles. The van der Waals surface area contributed by atoms with Crippen molar-refractivity contribution in [3.05, 3.63) is 83.4 Å². The first kappa shape index (κ1) is 43.9. The Balaban J connectivity index is 0.000000210. The zero-order valence-electron chi connectivity index (χ0n) is 32.2. The van der Waals surface area contributed by atoms with E-state index in [1.165, 1.54) is 50.3 Å². The van der Waals surface area contributed by atoms with Crippen molar-refractivity contribution in [2.75, 3.05) is 26.2 Å². The van der Waals surface area contributed by atoms with Crippen molar-refractivity contribution in [3.8, 4) is 22.8 Å². The highest BCUT2D eigenvalue weighted by Crippen LogP contribution is 2.21. The number of benzene rings is 2. The van der Waals surface area contributed by atoms with Crippen LogP contribution in [0, 0.1) is 0 Å². The molecule has 2 N–H and O–H groups in total. The number of hydrogen-bond acceptors (Lipinski definition) is 12. The number of halogens is 2. The van der Waals surface area contributed by atoms with E-state index in [2.05, 4.69) is 20.2 Å². The van der Waals surface area contributed by atoms with Crippen molar-refractivity contribution in [2.45, 2.75) is 65.0 Å². The van der Waals surface area contributed by atoms with Gasteiger partial charge in [-0.2, -0.15) is 0 Å². The smallest absolute Gasteiger partial charge is 0.410 e. The Labute approximate surface area is 339 Å². The standard InChI is InChI=1S/C19H21ClN4O4.C11H8ClN3O2.C8H15NO3/c1-19(2,3)28-18(26)23-10-15(11-23)27-16(25)7-8-24-12-21-17(22-24)13-5-4-6-14(20)9-13;12-9-3-1-2-8(6-9)11-13-7-15(14-11)5-4-10(16)17;1-8(2,3)12-7(11)9-4-6(10)5-9/h4-9,12,15H,10-11H2,1-3H3;1-7H,(H,16,17);6,10H,4-5H2,1-3H3/b8-7+;5-4+;. The lowest BCUT2D eigenvalue weighted by molar-refractivity contribution is -0.150. The van der Waals surface area contributed by atoms with Gasteiger partial charge in [0.05, 0.1) is 32.3 Å². The number of β-amino-alcohol motifs (C(OH)–C–C–N with tert-alkyl or cyclic N) is 1. The molecule has 0 radical (unpaired) electrons. The van der Waals surface area contributed by atoms with Crippen LogP contribution in [0.2, 0.25) is 10.0 Å². The third-order valence-electron chi connectivity index (χ3n) is 7.21. The first-order valence-corrected chi connectivity index (χ1v) is 18.3. The van der Waals surface area contributed by atoms with Gasteiger partial charge in [0.15, 0.2) is 11.6 Å². The summed E-state index contributed by atoms with van der Waals surface area (Å²) in [6.45, 7) is 12.3. The van der Waals surface area contributed by atoms with Crippen LogP contribution in [-0.2, 0) is 23.8 Å². The summed E-state index contributed by atoms with van der Waals surface area (Å²) in [6.07, 6.45) is 6.45. The van der Waals surface area contributed by atoms with Crippen molar-refractivity contribution in [1.82, 2.24) is 39.3 Å². The van der Waals surface area contributed by atoms with Crippen molar-refractivity contribution in [2.24, 2.45) is 0 Å². The summed E-state index contributed by atoms with van der Waals surface area (Å²) in [5.41, 5.74) is 0.555. The maximum absolute atomic E-state index is 11.9. The van der Waals surface area contributed by atoms with E-state index in [0.717, 1.165) is 17.2 Å². The Hall–Kier alpha value is -5.78. The number of aliphatic carboxylic acids is 1. The Bertz CT molecular complexity index is 2080. The number of hydrogen-bond donors (Lipinski definition) is 2. The first-order chi connectivity index (χ1) is 26.7. The lowest BCUT2D eigenvalue weighted by Crippen LogP contribution is -2.56. The normalized spacial score (nSPS) is 14.5. The van der Waals surface area contributed by atoms with Gasteiger partial charge < -0.3 is 34.2 Å². The molecule has 0 bridgehead atoms. The highest BCUT2D eigenvalue weighted by Gasteiger charge is 2.36. The predicted octanol–water partition coefficient (Wildman–Crippen LogP) is 5.98. The molecule has 19 heteroatoms. The van der Waals surface area contributed by atoms with Crippen LogP contribution in [0.15, 0.2) is 73.3 Å². The molecule has 6 rings (SSSR count). The fourth-order valence-electron chi connectivity index (χ4n) is 4.61. The molecule has 304 valence electrons. The molecule has 57 heavy (non-hydrogen) atoms. The topological polar surface area (TPSA) is 204 Å². The summed E-state index contributed by atoms with van der Waals surface area (Å²) in [4.78, 5) is 56.5. The van der Waals surface area contributed by atoms with Gasteiger partial charge in [-0.3, -0.25) is 0 Å². The molecule has 0 aliphatic carbocycles. The zero-order chi connectivity index (χ0) is 41.9. The van der Waals surface area contributed by atoms with E-state index in [1.807, 2.05) is 39.0 Å². The van der Waals surface area contributed by atoms with Gasteiger partial charge in [-0.1, -0.05) is 47.5 Å². The molecule has 2 fully saturated rings. The number of esters is 1. The number of rotatable bonds is 7. The SMILES string of the molecule is CC(C)(C)OC(=O)N1CC(O)C1.CC(C)(C)OC(=O)N1CC(OC(=O)/C=C/n2cnc(-c3cccc(Cl)c3)n2)C1.O=C(O)/C=C/n1cnc(-c2cccc(Cl)c2)n1.